The topological polar surface area (TPSA) is 50.7 Å². The van der Waals surface area contributed by atoms with E-state index in [1.54, 1.807) is 12.4 Å². The number of nitrogens with one attached hydrogen (secondary N) is 1. The highest BCUT2D eigenvalue weighted by molar-refractivity contribution is 5.15. The highest BCUT2D eigenvalue weighted by Crippen LogP contribution is 2.15. The van der Waals surface area contributed by atoms with Gasteiger partial charge in [-0.2, -0.15) is 10.2 Å². The van der Waals surface area contributed by atoms with E-state index < -0.39 is 0 Å². The zero-order valence-corrected chi connectivity index (χ0v) is 9.87. The summed E-state index contributed by atoms with van der Waals surface area (Å²) in [6.07, 6.45) is 6.21. The maximum Gasteiger partial charge on any atom is 0.0544 e. The summed E-state index contributed by atoms with van der Waals surface area (Å²) in [5.74, 6) is 0. The van der Waals surface area contributed by atoms with Gasteiger partial charge in [-0.25, -0.2) is 0 Å². The maximum atomic E-state index is 4.35. The van der Waals surface area contributed by atoms with Gasteiger partial charge in [-0.3, -0.25) is 4.98 Å². The van der Waals surface area contributed by atoms with Crippen molar-refractivity contribution in [1.82, 2.24) is 20.5 Å². The van der Waals surface area contributed by atoms with Crippen LogP contribution in [0.25, 0.3) is 0 Å². The van der Waals surface area contributed by atoms with E-state index in [0.717, 1.165) is 24.2 Å². The summed E-state index contributed by atoms with van der Waals surface area (Å²) in [5, 5.41) is 11.2. The number of likely N-dealkylation sites (N-methyl/N-ethyl adjacent to an activating group) is 1. The summed E-state index contributed by atoms with van der Waals surface area (Å²) in [4.78, 5) is 4.35. The Balaban J connectivity index is 2.13. The Morgan fingerprint density at radius 1 is 1.18 bits per heavy atom. The van der Waals surface area contributed by atoms with Crippen LogP contribution < -0.4 is 5.32 Å². The molecule has 0 saturated heterocycles. The zero-order valence-electron chi connectivity index (χ0n) is 9.87. The molecule has 2 heterocycles. The number of hydrogen-bond donors (Lipinski definition) is 1. The first kappa shape index (κ1) is 11.7. The van der Waals surface area contributed by atoms with Gasteiger partial charge < -0.3 is 5.32 Å². The molecule has 0 amide bonds. The Hall–Kier alpha value is -1.81. The quantitative estimate of drug-likeness (QED) is 0.847. The number of nitrogens with zero attached hydrogens (tertiary/aromatic N) is 3. The predicted molar refractivity (Wildman–Crippen MR) is 66.4 cm³/mol. The Morgan fingerprint density at radius 3 is 2.76 bits per heavy atom. The van der Waals surface area contributed by atoms with Crippen molar-refractivity contribution in [3.63, 3.8) is 0 Å². The smallest absolute Gasteiger partial charge is 0.0544 e. The van der Waals surface area contributed by atoms with E-state index in [1.165, 1.54) is 0 Å². The Bertz CT molecular complexity index is 430. The first-order chi connectivity index (χ1) is 8.40. The molecule has 0 radical (unpaired) electrons. The van der Waals surface area contributed by atoms with Gasteiger partial charge in [-0.05, 0) is 30.3 Å². The number of pyridine rings is 1. The Labute approximate surface area is 101 Å². The van der Waals surface area contributed by atoms with Crippen molar-refractivity contribution in [2.75, 3.05) is 6.54 Å². The van der Waals surface area contributed by atoms with Gasteiger partial charge in [0, 0.05) is 30.6 Å². The molecule has 4 heteroatoms. The minimum atomic E-state index is 0.241. The molecule has 1 unspecified atom stereocenters. The third-order valence-corrected chi connectivity index (χ3v) is 2.60. The van der Waals surface area contributed by atoms with Crippen LogP contribution >= 0.6 is 0 Å². The molecule has 0 fully saturated rings. The lowest BCUT2D eigenvalue weighted by molar-refractivity contribution is 0.541. The fraction of sp³-hybridized carbons (Fsp3) is 0.308. The lowest BCUT2D eigenvalue weighted by atomic mass is 10.0. The van der Waals surface area contributed by atoms with Crippen LogP contribution in [0, 0.1) is 0 Å². The molecule has 0 aliphatic heterocycles. The lowest BCUT2D eigenvalue weighted by Crippen LogP contribution is -2.23. The van der Waals surface area contributed by atoms with Crippen LogP contribution in [0.5, 0.6) is 0 Å². The van der Waals surface area contributed by atoms with Gasteiger partial charge in [0.15, 0.2) is 0 Å². The van der Waals surface area contributed by atoms with Gasteiger partial charge in [-0.15, -0.1) is 0 Å². The van der Waals surface area contributed by atoms with Gasteiger partial charge in [0.2, 0.25) is 0 Å². The molecule has 0 aromatic carbocycles. The van der Waals surface area contributed by atoms with Crippen LogP contribution in [0.2, 0.25) is 0 Å². The molecule has 88 valence electrons. The van der Waals surface area contributed by atoms with Gasteiger partial charge in [0.1, 0.15) is 0 Å². The van der Waals surface area contributed by atoms with Gasteiger partial charge in [0.25, 0.3) is 0 Å². The molecule has 2 aromatic heterocycles. The largest absolute Gasteiger partial charge is 0.310 e. The average molecular weight is 228 g/mol. The lowest BCUT2D eigenvalue weighted by Gasteiger charge is -2.17. The first-order valence-electron chi connectivity index (χ1n) is 5.80. The number of aromatic nitrogens is 3. The van der Waals surface area contributed by atoms with Crippen molar-refractivity contribution in [3.05, 3.63) is 54.1 Å². The zero-order chi connectivity index (χ0) is 11.9. The standard InChI is InChI=1S/C13H16N4/c1-2-14-13(11-6-8-16-17-10-11)9-12-5-3-4-7-15-12/h3-8,10,13-14H,2,9H2,1H3. The van der Waals surface area contributed by atoms with Crippen LogP contribution in [0.3, 0.4) is 0 Å². The minimum Gasteiger partial charge on any atom is -0.310 e. The normalized spacial score (nSPS) is 12.3. The van der Waals surface area contributed by atoms with Crippen LogP contribution in [0.15, 0.2) is 42.9 Å². The third-order valence-electron chi connectivity index (χ3n) is 2.60. The first-order valence-corrected chi connectivity index (χ1v) is 5.80. The molecule has 0 saturated carbocycles. The average Bonchev–Trinajstić information content (AvgIpc) is 2.40. The van der Waals surface area contributed by atoms with Crippen molar-refractivity contribution in [1.29, 1.82) is 0 Å². The van der Waals surface area contributed by atoms with Gasteiger partial charge >= 0.3 is 0 Å². The fourth-order valence-corrected chi connectivity index (χ4v) is 1.79. The van der Waals surface area contributed by atoms with Crippen molar-refractivity contribution < 1.29 is 0 Å². The van der Waals surface area contributed by atoms with Crippen molar-refractivity contribution in [3.8, 4) is 0 Å². The van der Waals surface area contributed by atoms with E-state index in [1.807, 2.05) is 30.5 Å². The summed E-state index contributed by atoms with van der Waals surface area (Å²) in [5.41, 5.74) is 2.22. The van der Waals surface area contributed by atoms with Crippen LogP contribution in [-0.4, -0.2) is 21.7 Å². The highest BCUT2D eigenvalue weighted by atomic mass is 15.1. The second-order valence-electron chi connectivity index (χ2n) is 3.81. The van der Waals surface area contributed by atoms with Gasteiger partial charge in [0.05, 0.1) is 6.20 Å². The van der Waals surface area contributed by atoms with Crippen molar-refractivity contribution in [2.24, 2.45) is 0 Å². The SMILES string of the molecule is CCNC(Cc1ccccn1)c1ccnnc1. The van der Waals surface area contributed by atoms with Crippen LogP contribution in [0.1, 0.15) is 24.2 Å². The second-order valence-corrected chi connectivity index (χ2v) is 3.81. The maximum absolute atomic E-state index is 4.35. The van der Waals surface area contributed by atoms with E-state index >= 15 is 0 Å². The number of rotatable bonds is 5. The molecule has 17 heavy (non-hydrogen) atoms. The monoisotopic (exact) mass is 228 g/mol. The van der Waals surface area contributed by atoms with E-state index in [9.17, 15) is 0 Å². The van der Waals surface area contributed by atoms with E-state index in [-0.39, 0.29) is 6.04 Å². The van der Waals surface area contributed by atoms with Crippen molar-refractivity contribution >= 4 is 0 Å². The molecular weight excluding hydrogens is 212 g/mol. The Morgan fingerprint density at radius 2 is 2.12 bits per heavy atom. The number of hydrogen-bond acceptors (Lipinski definition) is 4. The van der Waals surface area contributed by atoms with E-state index in [2.05, 4.69) is 27.4 Å². The molecule has 0 aliphatic rings. The summed E-state index contributed by atoms with van der Waals surface area (Å²) >= 11 is 0. The molecule has 4 nitrogen and oxygen atoms in total. The van der Waals surface area contributed by atoms with Crippen LogP contribution in [-0.2, 0) is 6.42 Å². The molecule has 2 rings (SSSR count). The predicted octanol–water partition coefficient (Wildman–Crippen LogP) is 1.76. The third kappa shape index (κ3) is 3.32. The highest BCUT2D eigenvalue weighted by Gasteiger charge is 2.11. The summed E-state index contributed by atoms with van der Waals surface area (Å²) in [6.45, 7) is 3.01. The molecule has 0 aliphatic carbocycles. The van der Waals surface area contributed by atoms with Crippen molar-refractivity contribution in [2.45, 2.75) is 19.4 Å². The van der Waals surface area contributed by atoms with E-state index in [4.69, 9.17) is 0 Å². The Kier molecular flexibility index (Phi) is 4.16. The molecule has 0 spiro atoms. The summed E-state index contributed by atoms with van der Waals surface area (Å²) < 4.78 is 0. The molecule has 1 N–H and O–H groups in total. The molecular formula is C13H16N4. The molecule has 2 aromatic rings. The van der Waals surface area contributed by atoms with Crippen LogP contribution in [0.4, 0.5) is 0 Å². The van der Waals surface area contributed by atoms with Gasteiger partial charge in [-0.1, -0.05) is 13.0 Å². The molecule has 0 bridgehead atoms. The second kappa shape index (κ2) is 6.06. The summed E-state index contributed by atoms with van der Waals surface area (Å²) in [6, 6.07) is 8.21. The summed E-state index contributed by atoms with van der Waals surface area (Å²) in [7, 11) is 0. The molecule has 1 atom stereocenters. The minimum absolute atomic E-state index is 0.241. The van der Waals surface area contributed by atoms with E-state index in [0.29, 0.717) is 0 Å². The fourth-order valence-electron chi connectivity index (χ4n) is 1.79.